The van der Waals surface area contributed by atoms with Crippen LogP contribution in [0, 0.1) is 0 Å². The topological polar surface area (TPSA) is 15.6 Å². The summed E-state index contributed by atoms with van der Waals surface area (Å²) >= 11 is 0. The Hall–Kier alpha value is -2.61. The normalized spacial score (nSPS) is 14.5. The second-order valence-corrected chi connectivity index (χ2v) is 6.35. The van der Waals surface area contributed by atoms with Crippen LogP contribution in [0.4, 0.5) is 0 Å². The van der Waals surface area contributed by atoms with Gasteiger partial charge in [0.2, 0.25) is 0 Å². The van der Waals surface area contributed by atoms with E-state index in [9.17, 15) is 0 Å². The summed E-state index contributed by atoms with van der Waals surface area (Å²) in [5.74, 6) is 0. The van der Waals surface area contributed by atoms with E-state index in [1.165, 1.54) is 22.4 Å². The molecule has 0 aliphatic carbocycles. The molecule has 2 heteroatoms. The fourth-order valence-electron chi connectivity index (χ4n) is 3.45. The fraction of sp³-hybridized carbons (Fsp3) is 0.261. The quantitative estimate of drug-likeness (QED) is 0.625. The summed E-state index contributed by atoms with van der Waals surface area (Å²) in [5, 5.41) is 0. The maximum Gasteiger partial charge on any atom is 0.0961 e. The largest absolute Gasteiger partial charge is 0.321 e. The van der Waals surface area contributed by atoms with Crippen LogP contribution in [0.3, 0.4) is 0 Å². The third-order valence-corrected chi connectivity index (χ3v) is 4.69. The first kappa shape index (κ1) is 17.2. The van der Waals surface area contributed by atoms with Crippen molar-refractivity contribution >= 4 is 6.34 Å². The minimum atomic E-state index is 0.0870. The summed E-state index contributed by atoms with van der Waals surface area (Å²) in [5.41, 5.74) is 6.04. The Morgan fingerprint density at radius 3 is 1.96 bits per heavy atom. The van der Waals surface area contributed by atoms with Gasteiger partial charge >= 0.3 is 0 Å². The number of benzene rings is 2. The third kappa shape index (κ3) is 3.58. The van der Waals surface area contributed by atoms with Crippen LogP contribution in [0.25, 0.3) is 0 Å². The number of hydrogen-bond acceptors (Lipinski definition) is 2. The fourth-order valence-corrected chi connectivity index (χ4v) is 3.45. The van der Waals surface area contributed by atoms with Gasteiger partial charge in [0.05, 0.1) is 12.4 Å². The van der Waals surface area contributed by atoms with E-state index in [1.54, 1.807) is 0 Å². The van der Waals surface area contributed by atoms with E-state index in [0.29, 0.717) is 0 Å². The van der Waals surface area contributed by atoms with Crippen LogP contribution in [0.5, 0.6) is 0 Å². The van der Waals surface area contributed by atoms with E-state index in [2.05, 4.69) is 86.0 Å². The second kappa shape index (κ2) is 7.98. The van der Waals surface area contributed by atoms with Crippen molar-refractivity contribution in [3.63, 3.8) is 0 Å². The van der Waals surface area contributed by atoms with Crippen molar-refractivity contribution in [2.75, 3.05) is 0 Å². The molecule has 0 saturated carbocycles. The van der Waals surface area contributed by atoms with Crippen molar-refractivity contribution in [3.8, 4) is 0 Å². The Morgan fingerprint density at radius 2 is 1.48 bits per heavy atom. The monoisotopic (exact) mass is 330 g/mol. The minimum absolute atomic E-state index is 0.0870. The molecule has 1 heterocycles. The highest BCUT2D eigenvalue weighted by Crippen LogP contribution is 2.36. The average molecular weight is 330 g/mol. The first-order valence-corrected chi connectivity index (χ1v) is 9.10. The number of nitrogens with zero attached hydrogens (tertiary/aromatic N) is 2. The van der Waals surface area contributed by atoms with Crippen LogP contribution in [-0.2, 0) is 0 Å². The highest BCUT2D eigenvalue weighted by Gasteiger charge is 2.27. The van der Waals surface area contributed by atoms with Crippen LogP contribution in [0.15, 0.2) is 89.2 Å². The molecule has 3 rings (SSSR count). The van der Waals surface area contributed by atoms with Gasteiger partial charge in [0, 0.05) is 11.4 Å². The highest BCUT2D eigenvalue weighted by atomic mass is 15.2. The first-order chi connectivity index (χ1) is 12.3. The lowest BCUT2D eigenvalue weighted by Crippen LogP contribution is -2.30. The van der Waals surface area contributed by atoms with Gasteiger partial charge in [0.1, 0.15) is 0 Å². The second-order valence-electron chi connectivity index (χ2n) is 6.35. The maximum absolute atomic E-state index is 4.77. The van der Waals surface area contributed by atoms with Gasteiger partial charge in [-0.15, -0.1) is 0 Å². The Labute approximate surface area is 151 Å². The number of aliphatic imine (C=N–C) groups is 1. The van der Waals surface area contributed by atoms with Gasteiger partial charge in [-0.05, 0) is 29.5 Å². The summed E-state index contributed by atoms with van der Waals surface area (Å²) in [4.78, 5) is 7.00. The van der Waals surface area contributed by atoms with E-state index in [4.69, 9.17) is 4.99 Å². The maximum atomic E-state index is 4.77. The molecular formula is C23H26N2. The molecule has 0 N–H and O–H groups in total. The van der Waals surface area contributed by atoms with Gasteiger partial charge in [0.15, 0.2) is 0 Å². The van der Waals surface area contributed by atoms with E-state index in [-0.39, 0.29) is 6.04 Å². The summed E-state index contributed by atoms with van der Waals surface area (Å²) < 4.78 is 0. The van der Waals surface area contributed by atoms with Crippen molar-refractivity contribution in [2.45, 2.75) is 39.2 Å². The molecule has 0 amide bonds. The smallest absolute Gasteiger partial charge is 0.0961 e. The molecule has 0 atom stereocenters. The summed E-state index contributed by atoms with van der Waals surface area (Å²) in [6, 6.07) is 21.3. The molecule has 25 heavy (non-hydrogen) atoms. The standard InChI is InChI=1S/C23H26N2/c1-4-12-21-18(3)25(17-24-22(21)5-2)23(19-13-8-6-9-14-19)20-15-10-7-11-16-20/h6-11,13-17,23H,3-5,12H2,1-2H3. The summed E-state index contributed by atoms with van der Waals surface area (Å²) in [7, 11) is 0. The molecule has 0 unspecified atom stereocenters. The highest BCUT2D eigenvalue weighted by molar-refractivity contribution is 5.67. The number of allylic oxidation sites excluding steroid dienone is 2. The SMILES string of the molecule is C=C1C(CCC)=C(CC)N=CN1C(c1ccccc1)c1ccccc1. The first-order valence-electron chi connectivity index (χ1n) is 9.10. The lowest BCUT2D eigenvalue weighted by molar-refractivity contribution is 0.444. The molecule has 1 aliphatic heterocycles. The Bertz CT molecular complexity index is 733. The zero-order valence-corrected chi connectivity index (χ0v) is 15.2. The zero-order valence-electron chi connectivity index (χ0n) is 15.2. The molecule has 0 saturated heterocycles. The number of rotatable bonds is 6. The lowest BCUT2D eigenvalue weighted by Gasteiger charge is -2.36. The molecule has 2 nitrogen and oxygen atoms in total. The summed E-state index contributed by atoms with van der Waals surface area (Å²) in [6.07, 6.45) is 5.03. The van der Waals surface area contributed by atoms with Crippen molar-refractivity contribution in [1.29, 1.82) is 0 Å². The molecular weight excluding hydrogens is 304 g/mol. The molecule has 0 radical (unpaired) electrons. The van der Waals surface area contributed by atoms with Gasteiger partial charge in [-0.2, -0.15) is 0 Å². The molecule has 128 valence electrons. The number of hydrogen-bond donors (Lipinski definition) is 0. The Balaban J connectivity index is 2.05. The predicted octanol–water partition coefficient (Wildman–Crippen LogP) is 6.10. The molecule has 2 aromatic rings. The van der Waals surface area contributed by atoms with Crippen LogP contribution in [0.1, 0.15) is 50.3 Å². The van der Waals surface area contributed by atoms with E-state index < -0.39 is 0 Å². The molecule has 0 fully saturated rings. The van der Waals surface area contributed by atoms with Gasteiger partial charge in [-0.3, -0.25) is 0 Å². The van der Waals surface area contributed by atoms with Crippen molar-refractivity contribution in [1.82, 2.24) is 4.90 Å². The van der Waals surface area contributed by atoms with E-state index in [1.807, 2.05) is 6.34 Å². The lowest BCUT2D eigenvalue weighted by atomic mass is 9.94. The predicted molar refractivity (Wildman–Crippen MR) is 106 cm³/mol. The van der Waals surface area contributed by atoms with Crippen molar-refractivity contribution in [2.24, 2.45) is 4.99 Å². The Kier molecular flexibility index (Phi) is 5.49. The average Bonchev–Trinajstić information content (AvgIpc) is 2.67. The summed E-state index contributed by atoms with van der Waals surface area (Å²) in [6.45, 7) is 8.82. The third-order valence-electron chi connectivity index (χ3n) is 4.69. The van der Waals surface area contributed by atoms with Gasteiger partial charge in [-0.1, -0.05) is 87.5 Å². The minimum Gasteiger partial charge on any atom is -0.321 e. The zero-order chi connectivity index (χ0) is 17.6. The van der Waals surface area contributed by atoms with Gasteiger partial charge in [0.25, 0.3) is 0 Å². The van der Waals surface area contributed by atoms with Crippen molar-refractivity contribution in [3.05, 3.63) is 95.3 Å². The molecule has 0 bridgehead atoms. The molecule has 0 spiro atoms. The van der Waals surface area contributed by atoms with Crippen LogP contribution in [0.2, 0.25) is 0 Å². The van der Waals surface area contributed by atoms with Crippen LogP contribution >= 0.6 is 0 Å². The molecule has 2 aromatic carbocycles. The van der Waals surface area contributed by atoms with Crippen molar-refractivity contribution < 1.29 is 0 Å². The van der Waals surface area contributed by atoms with E-state index >= 15 is 0 Å². The molecule has 0 aromatic heterocycles. The van der Waals surface area contributed by atoms with Crippen LogP contribution in [-0.4, -0.2) is 11.2 Å². The van der Waals surface area contributed by atoms with Gasteiger partial charge in [-0.25, -0.2) is 4.99 Å². The van der Waals surface area contributed by atoms with Gasteiger partial charge < -0.3 is 4.90 Å². The molecule has 1 aliphatic rings. The van der Waals surface area contributed by atoms with Crippen LogP contribution < -0.4 is 0 Å². The van der Waals surface area contributed by atoms with E-state index in [0.717, 1.165) is 25.0 Å². The Morgan fingerprint density at radius 1 is 0.920 bits per heavy atom.